The van der Waals surface area contributed by atoms with Crippen LogP contribution >= 0.6 is 0 Å². The van der Waals surface area contributed by atoms with Gasteiger partial charge in [0.15, 0.2) is 0 Å². The molecule has 1 heterocycles. The highest BCUT2D eigenvalue weighted by atomic mass is 16.6. The molecule has 0 radical (unpaired) electrons. The van der Waals surface area contributed by atoms with E-state index in [1.165, 1.54) is 18.3 Å². The fraction of sp³-hybridized carbons (Fsp3) is 0.467. The van der Waals surface area contributed by atoms with Crippen LogP contribution in [-0.4, -0.2) is 53.4 Å². The monoisotopic (exact) mass is 321 g/mol. The van der Waals surface area contributed by atoms with Gasteiger partial charge >= 0.3 is 5.97 Å². The van der Waals surface area contributed by atoms with Crippen molar-refractivity contribution in [2.75, 3.05) is 26.2 Å². The highest BCUT2D eigenvalue weighted by Gasteiger charge is 2.24. The summed E-state index contributed by atoms with van der Waals surface area (Å²) in [6, 6.07) is 5.99. The molecule has 0 bridgehead atoms. The van der Waals surface area contributed by atoms with Crippen molar-refractivity contribution in [3.05, 3.63) is 39.9 Å². The molecule has 8 nitrogen and oxygen atoms in total. The fourth-order valence-electron chi connectivity index (χ4n) is 2.46. The van der Waals surface area contributed by atoms with Crippen molar-refractivity contribution in [1.82, 2.24) is 4.90 Å². The van der Waals surface area contributed by atoms with Gasteiger partial charge in [0.2, 0.25) is 0 Å². The first-order valence-corrected chi connectivity index (χ1v) is 7.41. The van der Waals surface area contributed by atoms with Crippen molar-refractivity contribution in [3.63, 3.8) is 0 Å². The molecular weight excluding hydrogens is 302 g/mol. The number of non-ortho nitro benzene ring substituents is 1. The number of rotatable bonds is 7. The van der Waals surface area contributed by atoms with E-state index in [4.69, 9.17) is 9.94 Å². The molecule has 1 unspecified atom stereocenters. The average molecular weight is 321 g/mol. The van der Waals surface area contributed by atoms with E-state index in [0.717, 1.165) is 19.4 Å². The fourth-order valence-corrected chi connectivity index (χ4v) is 2.46. The minimum Gasteiger partial charge on any atom is -0.481 e. The van der Waals surface area contributed by atoms with Gasteiger partial charge in [-0.05, 0) is 37.1 Å². The molecule has 2 rings (SSSR count). The van der Waals surface area contributed by atoms with Gasteiger partial charge in [-0.15, -0.1) is 0 Å². The Bertz CT molecular complexity index is 573. The van der Waals surface area contributed by atoms with Crippen LogP contribution < -0.4 is 0 Å². The van der Waals surface area contributed by atoms with E-state index in [9.17, 15) is 14.9 Å². The van der Waals surface area contributed by atoms with Crippen LogP contribution in [0.15, 0.2) is 29.4 Å². The summed E-state index contributed by atoms with van der Waals surface area (Å²) < 4.78 is 0. The summed E-state index contributed by atoms with van der Waals surface area (Å²) in [7, 11) is 0. The molecule has 1 aromatic rings. The second-order valence-electron chi connectivity index (χ2n) is 5.39. The summed E-state index contributed by atoms with van der Waals surface area (Å²) >= 11 is 0. The summed E-state index contributed by atoms with van der Waals surface area (Å²) in [5.74, 6) is -1.04. The number of carboxylic acids is 1. The number of aliphatic carboxylic acids is 1. The molecule has 8 heteroatoms. The summed E-state index contributed by atoms with van der Waals surface area (Å²) in [6.07, 6.45) is 3.09. The van der Waals surface area contributed by atoms with E-state index < -0.39 is 10.9 Å². The summed E-state index contributed by atoms with van der Waals surface area (Å²) in [6.45, 7) is 2.42. The minimum absolute atomic E-state index is 0.0288. The number of oxime groups is 1. The largest absolute Gasteiger partial charge is 0.481 e. The second kappa shape index (κ2) is 8.23. The molecule has 1 aliphatic rings. The van der Waals surface area contributed by atoms with Gasteiger partial charge in [-0.2, -0.15) is 0 Å². The summed E-state index contributed by atoms with van der Waals surface area (Å²) in [4.78, 5) is 28.3. The third-order valence-corrected chi connectivity index (χ3v) is 3.73. The third kappa shape index (κ3) is 5.33. The zero-order chi connectivity index (χ0) is 16.7. The Balaban J connectivity index is 1.70. The maximum absolute atomic E-state index is 11.0. The minimum atomic E-state index is -0.744. The van der Waals surface area contributed by atoms with Crippen molar-refractivity contribution in [2.24, 2.45) is 11.1 Å². The van der Waals surface area contributed by atoms with E-state index in [0.29, 0.717) is 25.3 Å². The lowest BCUT2D eigenvalue weighted by Crippen LogP contribution is -2.40. The van der Waals surface area contributed by atoms with Crippen molar-refractivity contribution in [1.29, 1.82) is 0 Å². The van der Waals surface area contributed by atoms with Crippen LogP contribution in [0, 0.1) is 16.0 Å². The molecule has 0 saturated carbocycles. The van der Waals surface area contributed by atoms with Crippen molar-refractivity contribution >= 4 is 17.9 Å². The van der Waals surface area contributed by atoms with Crippen LogP contribution in [0.25, 0.3) is 0 Å². The van der Waals surface area contributed by atoms with E-state index >= 15 is 0 Å². The lowest BCUT2D eigenvalue weighted by atomic mass is 9.98. The Labute approximate surface area is 133 Å². The zero-order valence-corrected chi connectivity index (χ0v) is 12.6. The first kappa shape index (κ1) is 16.9. The van der Waals surface area contributed by atoms with Gasteiger partial charge in [0.05, 0.1) is 17.1 Å². The molecule has 23 heavy (non-hydrogen) atoms. The highest BCUT2D eigenvalue weighted by molar-refractivity contribution is 5.79. The van der Waals surface area contributed by atoms with Gasteiger partial charge in [0.1, 0.15) is 6.61 Å². The van der Waals surface area contributed by atoms with Crippen LogP contribution in [-0.2, 0) is 9.63 Å². The molecule has 0 spiro atoms. The number of hydrogen-bond acceptors (Lipinski definition) is 6. The number of nitrogens with zero attached hydrogens (tertiary/aromatic N) is 3. The smallest absolute Gasteiger partial charge is 0.307 e. The molecule has 0 amide bonds. The Morgan fingerprint density at radius 1 is 1.48 bits per heavy atom. The van der Waals surface area contributed by atoms with E-state index in [1.54, 1.807) is 12.1 Å². The molecule has 1 aromatic carbocycles. The first-order chi connectivity index (χ1) is 11.1. The van der Waals surface area contributed by atoms with Crippen LogP contribution in [0.2, 0.25) is 0 Å². The van der Waals surface area contributed by atoms with Crippen LogP contribution in [0.4, 0.5) is 5.69 Å². The normalized spacial score (nSPS) is 18.9. The standard InChI is InChI=1S/C15H19N3O5/c19-15(20)13-2-1-7-17(11-13)8-9-23-16-10-12-3-5-14(6-4-12)18(21)22/h3-6,10,13H,1-2,7-9,11H2,(H,19,20)/b16-10+. The van der Waals surface area contributed by atoms with E-state index in [-0.39, 0.29) is 11.6 Å². The lowest BCUT2D eigenvalue weighted by molar-refractivity contribution is -0.384. The number of piperidine rings is 1. The number of nitro groups is 1. The van der Waals surface area contributed by atoms with E-state index in [1.807, 2.05) is 0 Å². The quantitative estimate of drug-likeness (QED) is 0.355. The maximum Gasteiger partial charge on any atom is 0.307 e. The average Bonchev–Trinajstić information content (AvgIpc) is 2.55. The third-order valence-electron chi connectivity index (χ3n) is 3.73. The number of likely N-dealkylation sites (tertiary alicyclic amines) is 1. The molecule has 1 atom stereocenters. The van der Waals surface area contributed by atoms with Crippen molar-refractivity contribution < 1.29 is 19.7 Å². The van der Waals surface area contributed by atoms with Gasteiger partial charge in [-0.1, -0.05) is 5.16 Å². The number of benzene rings is 1. The predicted molar refractivity (Wildman–Crippen MR) is 83.4 cm³/mol. The maximum atomic E-state index is 11.0. The molecular formula is C15H19N3O5. The zero-order valence-electron chi connectivity index (χ0n) is 12.6. The van der Waals surface area contributed by atoms with E-state index in [2.05, 4.69) is 10.1 Å². The Kier molecular flexibility index (Phi) is 6.04. The molecule has 1 N–H and O–H groups in total. The van der Waals surface area contributed by atoms with Gasteiger partial charge in [-0.25, -0.2) is 0 Å². The lowest BCUT2D eigenvalue weighted by Gasteiger charge is -2.29. The summed E-state index contributed by atoms with van der Waals surface area (Å²) in [5.41, 5.74) is 0.737. The Hall–Kier alpha value is -2.48. The van der Waals surface area contributed by atoms with Gasteiger partial charge < -0.3 is 9.94 Å². The molecule has 124 valence electrons. The Morgan fingerprint density at radius 2 is 2.22 bits per heavy atom. The molecule has 1 saturated heterocycles. The molecule has 0 aliphatic carbocycles. The molecule has 1 aliphatic heterocycles. The van der Waals surface area contributed by atoms with Crippen molar-refractivity contribution in [2.45, 2.75) is 12.8 Å². The number of carbonyl (C=O) groups is 1. The number of nitro benzene ring substituents is 1. The van der Waals surface area contributed by atoms with Crippen LogP contribution in [0.5, 0.6) is 0 Å². The predicted octanol–water partition coefficient (Wildman–Crippen LogP) is 1.74. The molecule has 0 aromatic heterocycles. The van der Waals surface area contributed by atoms with Gasteiger partial charge in [0.25, 0.3) is 5.69 Å². The SMILES string of the molecule is O=C(O)C1CCCN(CCO/N=C/c2ccc([N+](=O)[O-])cc2)C1. The second-order valence-corrected chi connectivity index (χ2v) is 5.39. The molecule has 1 fully saturated rings. The van der Waals surface area contributed by atoms with Crippen LogP contribution in [0.1, 0.15) is 18.4 Å². The number of hydrogen-bond donors (Lipinski definition) is 1. The summed E-state index contributed by atoms with van der Waals surface area (Å²) in [5, 5.41) is 23.4. The van der Waals surface area contributed by atoms with Gasteiger partial charge in [0, 0.05) is 25.2 Å². The first-order valence-electron chi connectivity index (χ1n) is 7.41. The van der Waals surface area contributed by atoms with Crippen LogP contribution in [0.3, 0.4) is 0 Å². The van der Waals surface area contributed by atoms with Gasteiger partial charge in [-0.3, -0.25) is 19.8 Å². The topological polar surface area (TPSA) is 105 Å². The number of carboxylic acid groups (broad SMARTS) is 1. The Morgan fingerprint density at radius 3 is 2.87 bits per heavy atom. The van der Waals surface area contributed by atoms with Crippen molar-refractivity contribution in [3.8, 4) is 0 Å². The highest BCUT2D eigenvalue weighted by Crippen LogP contribution is 2.16.